The van der Waals surface area contributed by atoms with E-state index >= 15 is 0 Å². The fourth-order valence-corrected chi connectivity index (χ4v) is 16.9. The van der Waals surface area contributed by atoms with Gasteiger partial charge in [0.15, 0.2) is 0 Å². The summed E-state index contributed by atoms with van der Waals surface area (Å²) in [5.41, 5.74) is 28.6. The Balaban J connectivity index is 0.599. The molecule has 122 heavy (non-hydrogen) atoms. The van der Waals surface area contributed by atoms with Gasteiger partial charge in [-0.1, -0.05) is 267 Å². The van der Waals surface area contributed by atoms with Gasteiger partial charge < -0.3 is 28.7 Å². The average molecular weight is 1560 g/mol. The predicted molar refractivity (Wildman–Crippen MR) is 520 cm³/mol. The molecule has 6 nitrogen and oxygen atoms in total. The third-order valence-electron chi connectivity index (χ3n) is 22.8. The number of para-hydroxylation sites is 8. The molecule has 20 rings (SSSR count). The van der Waals surface area contributed by atoms with Crippen LogP contribution in [0.1, 0.15) is 45.0 Å². The zero-order valence-electron chi connectivity index (χ0n) is 67.2. The molecule has 2 heterocycles. The van der Waals surface area contributed by atoms with E-state index in [1.54, 1.807) is 0 Å². The van der Waals surface area contributed by atoms with Gasteiger partial charge in [0.1, 0.15) is 0 Å². The Hall–Kier alpha value is -16.3. The van der Waals surface area contributed by atoms with Crippen molar-refractivity contribution >= 4 is 149 Å². The monoisotopic (exact) mass is 1560 g/mol. The van der Waals surface area contributed by atoms with E-state index < -0.39 is 0 Å². The predicted octanol–water partition coefficient (Wildman–Crippen LogP) is 32.1. The molecule has 0 radical (unpaired) electrons. The number of hydrogen-bond donors (Lipinski definition) is 0. The number of rotatable bonds is 24. The van der Waals surface area contributed by atoms with E-state index in [-0.39, 0.29) is 0 Å². The van der Waals surface area contributed by atoms with E-state index in [2.05, 4.69) is 538 Å². The second-order valence-corrected chi connectivity index (χ2v) is 30.6. The summed E-state index contributed by atoms with van der Waals surface area (Å²) in [6.45, 7) is 0. The van der Waals surface area contributed by atoms with Crippen LogP contribution >= 0.6 is 0 Å². The molecule has 20 aromatic rings. The van der Waals surface area contributed by atoms with Crippen LogP contribution in [-0.4, -0.2) is 9.13 Å². The van der Waals surface area contributed by atoms with E-state index in [1.165, 1.54) is 32.3 Å². The van der Waals surface area contributed by atoms with Crippen LogP contribution in [0.2, 0.25) is 0 Å². The number of nitrogens with zero attached hydrogens (tertiary/aromatic N) is 6. The van der Waals surface area contributed by atoms with E-state index in [0.29, 0.717) is 0 Å². The second kappa shape index (κ2) is 34.1. The molecule has 0 aliphatic carbocycles. The van der Waals surface area contributed by atoms with Gasteiger partial charge in [-0.15, -0.1) is 0 Å². The van der Waals surface area contributed by atoms with Crippen molar-refractivity contribution in [2.75, 3.05) is 19.6 Å². The molecule has 0 saturated heterocycles. The molecular weight excluding hydrogens is 1480 g/mol. The first kappa shape index (κ1) is 74.5. The number of hydrogen-bond acceptors (Lipinski definition) is 4. The van der Waals surface area contributed by atoms with E-state index in [4.69, 9.17) is 0 Å². The largest absolute Gasteiger partial charge is 0.311 e. The van der Waals surface area contributed by atoms with Gasteiger partial charge in [-0.3, -0.25) is 0 Å². The number of aromatic nitrogens is 2. The normalized spacial score (nSPS) is 11.6. The maximum atomic E-state index is 2.36. The minimum Gasteiger partial charge on any atom is -0.311 e. The van der Waals surface area contributed by atoms with Crippen LogP contribution in [-0.2, 0) is 0 Å². The summed E-state index contributed by atoms with van der Waals surface area (Å²) in [6, 6.07) is 165. The highest BCUT2D eigenvalue weighted by atomic mass is 15.2. The summed E-state index contributed by atoms with van der Waals surface area (Å²) in [5.74, 6) is 0. The van der Waals surface area contributed by atoms with Crippen LogP contribution < -0.4 is 19.6 Å². The zero-order chi connectivity index (χ0) is 81.3. The van der Waals surface area contributed by atoms with Gasteiger partial charge in [0.05, 0.1) is 0 Å². The Kier molecular flexibility index (Phi) is 20.8. The van der Waals surface area contributed by atoms with Crippen LogP contribution in [0.15, 0.2) is 461 Å². The van der Waals surface area contributed by atoms with E-state index in [0.717, 1.165) is 147 Å². The van der Waals surface area contributed by atoms with Crippen LogP contribution in [0.25, 0.3) is 115 Å². The molecule has 0 atom stereocenters. The van der Waals surface area contributed by atoms with Gasteiger partial charge >= 0.3 is 0 Å². The molecule has 0 unspecified atom stereocenters. The lowest BCUT2D eigenvalue weighted by Crippen LogP contribution is -2.09. The summed E-state index contributed by atoms with van der Waals surface area (Å²) >= 11 is 0. The molecule has 0 spiro atoms. The third-order valence-corrected chi connectivity index (χ3v) is 22.8. The van der Waals surface area contributed by atoms with Crippen molar-refractivity contribution in [3.8, 4) is 33.6 Å². The first-order valence-electron chi connectivity index (χ1n) is 41.6. The molecule has 6 heteroatoms. The van der Waals surface area contributed by atoms with Crippen LogP contribution in [0.5, 0.6) is 0 Å². The van der Waals surface area contributed by atoms with E-state index in [1.807, 2.05) is 0 Å². The van der Waals surface area contributed by atoms with Crippen molar-refractivity contribution in [1.29, 1.82) is 0 Å². The zero-order valence-corrected chi connectivity index (χ0v) is 67.2. The Labute approximate surface area is 712 Å². The molecule has 578 valence electrons. The Morgan fingerprint density at radius 1 is 0.148 bits per heavy atom. The first-order chi connectivity index (χ1) is 60.5. The number of benzene rings is 18. The standard InChI is InChI=1S/C116H84N6/c1-9-25-97(26-10-1)117(98-27-11-2-12-28-98)105-61-41-85(42-62-105)45-65-107-77-79-109(121(107)113-73-57-91(58-74-113)89-53-69-111(70-54-89)119(101-33-17-5-18-34-101)102-35-19-6-20-36-102)67-47-87-81-93-49-51-95-83-88(84-96-52-50-94(82-87)115(93)116(95)96)48-68-110-80-78-108(66-46-86-43-63-106(64-44-86)118(99-29-13-3-14-30-99)100-31-15-4-16-32-100)122(110)114-75-59-92(60-76-114)90-55-71-112(72-56-90)120(103-37-21-7-22-38-103)104-39-23-8-24-40-104/h1-84H/b65-45+,66-46+,67-47+,68-48+. The summed E-state index contributed by atoms with van der Waals surface area (Å²) in [5, 5.41) is 7.37. The van der Waals surface area contributed by atoms with Crippen molar-refractivity contribution in [3.63, 3.8) is 0 Å². The SMILES string of the molecule is C(=C\c1ccc(/C=C/c2cc3ccc4cc(/C=C/c5ccc(/C=C/c6ccc(N(c7ccccc7)c7ccccc7)cc6)n5-c5ccc(-c6ccc(N(c7ccccc7)c7ccccc7)cc6)cc5)cc5ccc(c2)c3c45)n1-c1ccc(-c2ccc(N(c3ccccc3)c3ccccc3)cc2)cc1)/c1ccc(N(c2ccccc2)c2ccccc2)cc1. The smallest absolute Gasteiger partial charge is 0.0462 e. The van der Waals surface area contributed by atoms with E-state index in [9.17, 15) is 0 Å². The summed E-state index contributed by atoms with van der Waals surface area (Å²) < 4.78 is 4.72. The van der Waals surface area contributed by atoms with Crippen molar-refractivity contribution < 1.29 is 0 Å². The maximum absolute atomic E-state index is 2.36. The fourth-order valence-electron chi connectivity index (χ4n) is 16.9. The topological polar surface area (TPSA) is 22.8 Å². The van der Waals surface area contributed by atoms with Gasteiger partial charge in [0.2, 0.25) is 0 Å². The molecule has 18 aromatic carbocycles. The summed E-state index contributed by atoms with van der Waals surface area (Å²) in [6.07, 6.45) is 18.0. The minimum absolute atomic E-state index is 1.06. The van der Waals surface area contributed by atoms with Gasteiger partial charge in [0.25, 0.3) is 0 Å². The summed E-state index contributed by atoms with van der Waals surface area (Å²) in [4.78, 5) is 9.19. The molecular formula is C116H84N6. The van der Waals surface area contributed by atoms with Crippen molar-refractivity contribution in [3.05, 3.63) is 506 Å². The lowest BCUT2D eigenvalue weighted by atomic mass is 9.91. The van der Waals surface area contributed by atoms with Gasteiger partial charge in [0, 0.05) is 102 Å². The molecule has 0 bridgehead atoms. The molecule has 2 aromatic heterocycles. The Morgan fingerprint density at radius 3 is 0.541 bits per heavy atom. The number of anilines is 12. The van der Waals surface area contributed by atoms with Crippen molar-refractivity contribution in [2.45, 2.75) is 0 Å². The fraction of sp³-hybridized carbons (Fsp3) is 0. The third kappa shape index (κ3) is 15.7. The lowest BCUT2D eigenvalue weighted by Gasteiger charge is -2.25. The van der Waals surface area contributed by atoms with Gasteiger partial charge in [-0.05, 0) is 320 Å². The molecule has 0 N–H and O–H groups in total. The molecule has 0 aliphatic rings. The highest BCUT2D eigenvalue weighted by molar-refractivity contribution is 6.24. The van der Waals surface area contributed by atoms with Crippen molar-refractivity contribution in [2.24, 2.45) is 0 Å². The summed E-state index contributed by atoms with van der Waals surface area (Å²) in [7, 11) is 0. The van der Waals surface area contributed by atoms with Gasteiger partial charge in [-0.2, -0.15) is 0 Å². The quantitative estimate of drug-likeness (QED) is 0.0563. The van der Waals surface area contributed by atoms with Crippen molar-refractivity contribution in [1.82, 2.24) is 9.13 Å². The molecule has 0 amide bonds. The Morgan fingerprint density at radius 2 is 0.328 bits per heavy atom. The minimum atomic E-state index is 1.06. The molecule has 0 aliphatic heterocycles. The lowest BCUT2D eigenvalue weighted by molar-refractivity contribution is 1.05. The highest BCUT2D eigenvalue weighted by Crippen LogP contribution is 2.43. The average Bonchev–Trinajstić information content (AvgIpc) is 1.08. The van der Waals surface area contributed by atoms with Crippen LogP contribution in [0, 0.1) is 0 Å². The van der Waals surface area contributed by atoms with Crippen LogP contribution in [0.4, 0.5) is 68.2 Å². The van der Waals surface area contributed by atoms with Crippen LogP contribution in [0.3, 0.4) is 0 Å². The first-order valence-corrected chi connectivity index (χ1v) is 41.6. The second-order valence-electron chi connectivity index (χ2n) is 30.6. The molecule has 0 saturated carbocycles. The van der Waals surface area contributed by atoms with Gasteiger partial charge in [-0.25, -0.2) is 0 Å². The Bertz CT molecular complexity index is 6420. The molecule has 0 fully saturated rings. The highest BCUT2D eigenvalue weighted by Gasteiger charge is 2.20. The maximum Gasteiger partial charge on any atom is 0.0462 e.